The topological polar surface area (TPSA) is 63.6 Å². The Morgan fingerprint density at radius 2 is 1.48 bits per heavy atom. The molecule has 0 amide bonds. The fraction of sp³-hybridized carbons (Fsp3) is 0.684. The smallest absolute Gasteiger partial charge is 0.227 e. The van der Waals surface area contributed by atoms with Crippen molar-refractivity contribution in [1.82, 2.24) is 0 Å². The van der Waals surface area contributed by atoms with Crippen LogP contribution in [0, 0.1) is 0 Å². The molecule has 0 unspecified atom stereocenters. The fourth-order valence-corrected chi connectivity index (χ4v) is 2.77. The van der Waals surface area contributed by atoms with Crippen LogP contribution in [0.25, 0.3) is 0 Å². The minimum Gasteiger partial charge on any atom is -0.504 e. The van der Waals surface area contributed by atoms with Crippen molar-refractivity contribution in [3.05, 3.63) is 23.2 Å². The zero-order valence-corrected chi connectivity index (χ0v) is 14.5. The normalized spacial score (nSPS) is 15.1. The molecule has 0 heterocycles. The van der Waals surface area contributed by atoms with Crippen LogP contribution in [0.15, 0.2) is 23.2 Å². The lowest BCUT2D eigenvalue weighted by Crippen LogP contribution is -2.21. The lowest BCUT2D eigenvalue weighted by atomic mass is 9.94. The molecule has 4 nitrogen and oxygen atoms in total. The van der Waals surface area contributed by atoms with Crippen molar-refractivity contribution in [3.8, 4) is 0 Å². The lowest BCUT2D eigenvalue weighted by molar-refractivity contribution is -0.120. The SMILES string of the molecule is CCCCCCCCCCCC1=C(O)C(=O)C=C(OCC)C1=O. The highest BCUT2D eigenvalue weighted by molar-refractivity contribution is 6.20. The van der Waals surface area contributed by atoms with Gasteiger partial charge in [0.15, 0.2) is 11.5 Å². The van der Waals surface area contributed by atoms with Crippen molar-refractivity contribution in [1.29, 1.82) is 0 Å². The van der Waals surface area contributed by atoms with E-state index >= 15 is 0 Å². The van der Waals surface area contributed by atoms with E-state index in [0.29, 0.717) is 13.0 Å². The summed E-state index contributed by atoms with van der Waals surface area (Å²) < 4.78 is 5.18. The van der Waals surface area contributed by atoms with Crippen LogP contribution in [-0.2, 0) is 14.3 Å². The minimum absolute atomic E-state index is 0.0567. The van der Waals surface area contributed by atoms with Gasteiger partial charge in [0.05, 0.1) is 6.61 Å². The van der Waals surface area contributed by atoms with Crippen LogP contribution in [0.5, 0.6) is 0 Å². The lowest BCUT2D eigenvalue weighted by Gasteiger charge is -2.15. The van der Waals surface area contributed by atoms with Gasteiger partial charge in [-0.3, -0.25) is 9.59 Å². The number of hydrogen-bond acceptors (Lipinski definition) is 4. The van der Waals surface area contributed by atoms with E-state index in [1.807, 2.05) is 0 Å². The van der Waals surface area contributed by atoms with Gasteiger partial charge in [0.2, 0.25) is 11.6 Å². The van der Waals surface area contributed by atoms with Crippen LogP contribution in [0.2, 0.25) is 0 Å². The van der Waals surface area contributed by atoms with Crippen molar-refractivity contribution < 1.29 is 19.4 Å². The number of aliphatic hydroxyl groups is 1. The molecular weight excluding hydrogens is 292 g/mol. The van der Waals surface area contributed by atoms with Gasteiger partial charge >= 0.3 is 0 Å². The average Bonchev–Trinajstić information content (AvgIpc) is 2.54. The summed E-state index contributed by atoms with van der Waals surface area (Å²) in [5.74, 6) is -1.22. The van der Waals surface area contributed by atoms with Gasteiger partial charge in [-0.05, 0) is 19.8 Å². The Hall–Kier alpha value is -1.58. The maximum atomic E-state index is 12.2. The summed E-state index contributed by atoms with van der Waals surface area (Å²) in [7, 11) is 0. The second-order valence-electron chi connectivity index (χ2n) is 6.04. The molecule has 0 fully saturated rings. The number of hydrogen-bond donors (Lipinski definition) is 1. The predicted octanol–water partition coefficient (Wildman–Crippen LogP) is 4.79. The maximum Gasteiger partial charge on any atom is 0.227 e. The van der Waals surface area contributed by atoms with Gasteiger partial charge in [0.1, 0.15) is 0 Å². The number of allylic oxidation sites excluding steroid dienone is 2. The molecule has 0 atom stereocenters. The Bertz CT molecular complexity index is 460. The highest BCUT2D eigenvalue weighted by Crippen LogP contribution is 2.23. The first kappa shape index (κ1) is 19.5. The van der Waals surface area contributed by atoms with E-state index in [1.165, 1.54) is 38.5 Å². The van der Waals surface area contributed by atoms with E-state index in [1.54, 1.807) is 6.92 Å². The largest absolute Gasteiger partial charge is 0.504 e. The van der Waals surface area contributed by atoms with Crippen LogP contribution in [0.4, 0.5) is 0 Å². The second-order valence-corrected chi connectivity index (χ2v) is 6.04. The molecule has 4 heteroatoms. The van der Waals surface area contributed by atoms with E-state index in [9.17, 15) is 14.7 Å². The Morgan fingerprint density at radius 3 is 2.04 bits per heavy atom. The first-order chi connectivity index (χ1) is 11.1. The van der Waals surface area contributed by atoms with E-state index in [0.717, 1.165) is 25.3 Å². The first-order valence-electron chi connectivity index (χ1n) is 8.97. The minimum atomic E-state index is -0.529. The maximum absolute atomic E-state index is 12.2. The zero-order valence-electron chi connectivity index (χ0n) is 14.5. The van der Waals surface area contributed by atoms with Crippen molar-refractivity contribution in [2.75, 3.05) is 6.61 Å². The van der Waals surface area contributed by atoms with Crippen molar-refractivity contribution in [3.63, 3.8) is 0 Å². The number of Topliss-reactive ketones (excluding diaryl/α,β-unsaturated/α-hetero) is 1. The standard InChI is InChI=1S/C19H30O4/c1-3-5-6-7-8-9-10-11-12-13-15-18(21)16(20)14-17(19(15)22)23-4-2/h14,21H,3-13H2,1-2H3. The molecule has 0 aliphatic heterocycles. The molecule has 0 bridgehead atoms. The van der Waals surface area contributed by atoms with E-state index in [2.05, 4.69) is 6.92 Å². The summed E-state index contributed by atoms with van der Waals surface area (Å²) >= 11 is 0. The van der Waals surface area contributed by atoms with Crippen LogP contribution >= 0.6 is 0 Å². The van der Waals surface area contributed by atoms with Crippen molar-refractivity contribution in [2.24, 2.45) is 0 Å². The number of ketones is 2. The van der Waals surface area contributed by atoms with Crippen molar-refractivity contribution >= 4 is 11.6 Å². The highest BCUT2D eigenvalue weighted by atomic mass is 16.5. The van der Waals surface area contributed by atoms with Gasteiger partial charge < -0.3 is 9.84 Å². The molecule has 1 rings (SSSR count). The molecule has 0 radical (unpaired) electrons. The molecule has 1 aliphatic carbocycles. The van der Waals surface area contributed by atoms with Gasteiger partial charge in [-0.2, -0.15) is 0 Å². The summed E-state index contributed by atoms with van der Waals surface area (Å²) in [6.45, 7) is 4.31. The van der Waals surface area contributed by atoms with Crippen LogP contribution in [0.1, 0.15) is 78.1 Å². The molecule has 0 saturated heterocycles. The summed E-state index contributed by atoms with van der Waals surface area (Å²) in [4.78, 5) is 23.9. The number of carbonyl (C=O) groups excluding carboxylic acids is 2. The molecule has 0 saturated carbocycles. The summed E-state index contributed by atoms with van der Waals surface area (Å²) in [6.07, 6.45) is 12.2. The molecule has 0 aromatic rings. The summed E-state index contributed by atoms with van der Waals surface area (Å²) in [6, 6.07) is 0. The van der Waals surface area contributed by atoms with Gasteiger partial charge in [-0.15, -0.1) is 0 Å². The first-order valence-corrected chi connectivity index (χ1v) is 8.97. The number of rotatable bonds is 12. The van der Waals surface area contributed by atoms with Gasteiger partial charge in [0.25, 0.3) is 0 Å². The molecule has 0 aromatic carbocycles. The Balaban J connectivity index is 2.29. The molecular formula is C19H30O4. The number of ether oxygens (including phenoxy) is 1. The summed E-state index contributed by atoms with van der Waals surface area (Å²) in [5, 5.41) is 9.83. The van der Waals surface area contributed by atoms with E-state index < -0.39 is 11.5 Å². The number of carbonyl (C=O) groups is 2. The van der Waals surface area contributed by atoms with Crippen molar-refractivity contribution in [2.45, 2.75) is 78.1 Å². The predicted molar refractivity (Wildman–Crippen MR) is 91.2 cm³/mol. The Morgan fingerprint density at radius 1 is 0.913 bits per heavy atom. The number of aliphatic hydroxyl groups excluding tert-OH is 1. The Kier molecular flexibility index (Phi) is 9.34. The third-order valence-electron chi connectivity index (χ3n) is 4.11. The third-order valence-corrected chi connectivity index (χ3v) is 4.11. The zero-order chi connectivity index (χ0) is 17.1. The summed E-state index contributed by atoms with van der Waals surface area (Å²) in [5.41, 5.74) is 0.212. The molecule has 0 spiro atoms. The van der Waals surface area contributed by atoms with Crippen LogP contribution < -0.4 is 0 Å². The van der Waals surface area contributed by atoms with Crippen LogP contribution in [-0.4, -0.2) is 23.3 Å². The quantitative estimate of drug-likeness (QED) is 0.414. The fourth-order valence-electron chi connectivity index (χ4n) is 2.77. The van der Waals surface area contributed by atoms with Crippen LogP contribution in [0.3, 0.4) is 0 Å². The Labute approximate surface area is 139 Å². The molecule has 0 aromatic heterocycles. The molecule has 1 aliphatic rings. The average molecular weight is 322 g/mol. The van der Waals surface area contributed by atoms with Gasteiger partial charge in [-0.1, -0.05) is 58.3 Å². The molecule has 1 N–H and O–H groups in total. The third kappa shape index (κ3) is 6.59. The van der Waals surface area contributed by atoms with E-state index in [-0.39, 0.29) is 17.1 Å². The van der Waals surface area contributed by atoms with E-state index in [4.69, 9.17) is 4.74 Å². The molecule has 130 valence electrons. The van der Waals surface area contributed by atoms with Gasteiger partial charge in [-0.25, -0.2) is 0 Å². The highest BCUT2D eigenvalue weighted by Gasteiger charge is 2.28. The molecule has 23 heavy (non-hydrogen) atoms. The monoisotopic (exact) mass is 322 g/mol. The van der Waals surface area contributed by atoms with Gasteiger partial charge in [0, 0.05) is 11.6 Å². The number of unbranched alkanes of at least 4 members (excludes halogenated alkanes) is 8. The second kappa shape index (κ2) is 11.0.